The first-order valence-electron chi connectivity index (χ1n) is 5.24. The summed E-state index contributed by atoms with van der Waals surface area (Å²) in [6.45, 7) is 0.565. The van der Waals surface area contributed by atoms with E-state index in [1.54, 1.807) is 14.2 Å². The standard InChI is InChI=1S/C11H19NO3Si/c1-13-16(10-12,14-2)15-9-8-11-6-4-3-5-7-11/h3-7H,8-10,12H2,1-2H3. The lowest BCUT2D eigenvalue weighted by molar-refractivity contribution is 0.101. The molecule has 0 radical (unpaired) electrons. The normalized spacial score (nSPS) is 11.7. The first-order chi connectivity index (χ1) is 7.76. The van der Waals surface area contributed by atoms with Gasteiger partial charge in [-0.3, -0.25) is 0 Å². The number of rotatable bonds is 7. The Morgan fingerprint density at radius 1 is 1.12 bits per heavy atom. The highest BCUT2D eigenvalue weighted by Gasteiger charge is 2.37. The second-order valence-electron chi connectivity index (χ2n) is 3.38. The Balaban J connectivity index is 2.39. The third-order valence-electron chi connectivity index (χ3n) is 2.43. The zero-order chi connectivity index (χ0) is 11.9. The third kappa shape index (κ3) is 3.69. The highest BCUT2D eigenvalue weighted by Crippen LogP contribution is 2.07. The van der Waals surface area contributed by atoms with Crippen LogP contribution in [-0.4, -0.2) is 35.8 Å². The summed E-state index contributed by atoms with van der Waals surface area (Å²) in [7, 11) is 0.556. The van der Waals surface area contributed by atoms with Gasteiger partial charge in [0.1, 0.15) is 0 Å². The third-order valence-corrected chi connectivity index (χ3v) is 4.82. The van der Waals surface area contributed by atoms with Crippen LogP contribution in [0.25, 0.3) is 0 Å². The molecule has 0 fully saturated rings. The van der Waals surface area contributed by atoms with Gasteiger partial charge in [0.15, 0.2) is 0 Å². The van der Waals surface area contributed by atoms with E-state index in [1.807, 2.05) is 18.2 Å². The summed E-state index contributed by atoms with van der Waals surface area (Å²) in [5.41, 5.74) is 6.83. The van der Waals surface area contributed by atoms with Crippen LogP contribution in [0.15, 0.2) is 30.3 Å². The van der Waals surface area contributed by atoms with E-state index >= 15 is 0 Å². The maximum Gasteiger partial charge on any atom is 0.514 e. The van der Waals surface area contributed by atoms with E-state index in [0.29, 0.717) is 12.8 Å². The highest BCUT2D eigenvalue weighted by atomic mass is 28.4. The second-order valence-corrected chi connectivity index (χ2v) is 6.26. The van der Waals surface area contributed by atoms with E-state index in [-0.39, 0.29) is 0 Å². The first-order valence-corrected chi connectivity index (χ1v) is 7.18. The fraction of sp³-hybridized carbons (Fsp3) is 0.455. The largest absolute Gasteiger partial charge is 0.514 e. The minimum atomic E-state index is -2.59. The second kappa shape index (κ2) is 6.77. The number of nitrogens with two attached hydrogens (primary N) is 1. The molecule has 5 heteroatoms. The zero-order valence-corrected chi connectivity index (χ0v) is 10.8. The fourth-order valence-corrected chi connectivity index (χ4v) is 2.66. The Labute approximate surface area is 97.7 Å². The van der Waals surface area contributed by atoms with Gasteiger partial charge in [0.25, 0.3) is 0 Å². The maximum atomic E-state index is 5.65. The van der Waals surface area contributed by atoms with E-state index < -0.39 is 8.80 Å². The van der Waals surface area contributed by atoms with Crippen molar-refractivity contribution in [3.63, 3.8) is 0 Å². The molecule has 0 aliphatic carbocycles. The molecule has 0 spiro atoms. The summed E-state index contributed by atoms with van der Waals surface area (Å²) in [6.07, 6.45) is 1.14. The molecular weight excluding hydrogens is 222 g/mol. The van der Waals surface area contributed by atoms with Crippen LogP contribution in [0.4, 0.5) is 0 Å². The summed E-state index contributed by atoms with van der Waals surface area (Å²) >= 11 is 0. The molecule has 16 heavy (non-hydrogen) atoms. The predicted octanol–water partition coefficient (Wildman–Crippen LogP) is 0.975. The van der Waals surface area contributed by atoms with Crippen molar-refractivity contribution in [3.8, 4) is 0 Å². The fourth-order valence-electron chi connectivity index (χ4n) is 1.40. The lowest BCUT2D eigenvalue weighted by Crippen LogP contribution is -2.51. The maximum absolute atomic E-state index is 5.65. The molecule has 0 atom stereocenters. The molecule has 1 aromatic carbocycles. The van der Waals surface area contributed by atoms with Crippen molar-refractivity contribution >= 4 is 8.80 Å². The molecule has 1 aromatic rings. The van der Waals surface area contributed by atoms with E-state index in [0.717, 1.165) is 6.42 Å². The highest BCUT2D eigenvalue weighted by molar-refractivity contribution is 6.60. The molecular formula is C11H19NO3Si. The van der Waals surface area contributed by atoms with Crippen molar-refractivity contribution in [3.05, 3.63) is 35.9 Å². The Hall–Kier alpha value is -0.723. The molecule has 90 valence electrons. The Bertz CT molecular complexity index is 282. The van der Waals surface area contributed by atoms with Crippen LogP contribution in [0, 0.1) is 0 Å². The topological polar surface area (TPSA) is 53.7 Å². The molecule has 0 unspecified atom stereocenters. The quantitative estimate of drug-likeness (QED) is 0.723. The smallest absolute Gasteiger partial charge is 0.376 e. The molecule has 0 bridgehead atoms. The Morgan fingerprint density at radius 3 is 2.25 bits per heavy atom. The van der Waals surface area contributed by atoms with Gasteiger partial charge in [-0.25, -0.2) is 0 Å². The predicted molar refractivity (Wildman–Crippen MR) is 64.9 cm³/mol. The monoisotopic (exact) mass is 241 g/mol. The SMILES string of the molecule is CO[Si](CN)(OC)OCCc1ccccc1. The molecule has 0 saturated carbocycles. The average Bonchev–Trinajstić information content (AvgIpc) is 2.37. The Morgan fingerprint density at radius 2 is 1.75 bits per heavy atom. The summed E-state index contributed by atoms with van der Waals surface area (Å²) in [5.74, 6) is 0. The minimum absolute atomic E-state index is 0.300. The van der Waals surface area contributed by atoms with Gasteiger partial charge in [-0.15, -0.1) is 0 Å². The van der Waals surface area contributed by atoms with Gasteiger partial charge in [-0.2, -0.15) is 0 Å². The lowest BCUT2D eigenvalue weighted by atomic mass is 10.2. The molecule has 0 aliphatic heterocycles. The van der Waals surface area contributed by atoms with Crippen molar-refractivity contribution < 1.29 is 13.3 Å². The molecule has 2 N–H and O–H groups in total. The van der Waals surface area contributed by atoms with Crippen LogP contribution in [0.1, 0.15) is 5.56 Å². The van der Waals surface area contributed by atoms with E-state index in [2.05, 4.69) is 12.1 Å². The van der Waals surface area contributed by atoms with Crippen molar-refractivity contribution in [2.45, 2.75) is 6.42 Å². The van der Waals surface area contributed by atoms with Crippen LogP contribution in [0.2, 0.25) is 0 Å². The molecule has 0 aliphatic rings. The van der Waals surface area contributed by atoms with Crippen molar-refractivity contribution in [2.75, 3.05) is 27.0 Å². The summed E-state index contributed by atoms with van der Waals surface area (Å²) in [6, 6.07) is 10.1. The van der Waals surface area contributed by atoms with Crippen LogP contribution in [0.3, 0.4) is 0 Å². The van der Waals surface area contributed by atoms with Crippen LogP contribution >= 0.6 is 0 Å². The number of benzene rings is 1. The van der Waals surface area contributed by atoms with Crippen LogP contribution in [0.5, 0.6) is 0 Å². The van der Waals surface area contributed by atoms with E-state index in [4.69, 9.17) is 19.0 Å². The number of hydrogen-bond donors (Lipinski definition) is 1. The van der Waals surface area contributed by atoms with Crippen molar-refractivity contribution in [1.82, 2.24) is 0 Å². The minimum Gasteiger partial charge on any atom is -0.376 e. The van der Waals surface area contributed by atoms with Crippen LogP contribution in [-0.2, 0) is 19.7 Å². The summed E-state index contributed by atoms with van der Waals surface area (Å²) in [4.78, 5) is 0. The molecule has 0 amide bonds. The van der Waals surface area contributed by atoms with Gasteiger partial charge in [0.2, 0.25) is 0 Å². The van der Waals surface area contributed by atoms with Gasteiger partial charge in [-0.05, 0) is 12.0 Å². The first kappa shape index (κ1) is 13.3. The molecule has 0 saturated heterocycles. The van der Waals surface area contributed by atoms with Gasteiger partial charge < -0.3 is 19.0 Å². The van der Waals surface area contributed by atoms with E-state index in [1.165, 1.54) is 5.56 Å². The Kier molecular flexibility index (Phi) is 5.65. The van der Waals surface area contributed by atoms with Crippen molar-refractivity contribution in [1.29, 1.82) is 0 Å². The van der Waals surface area contributed by atoms with Gasteiger partial charge in [-0.1, -0.05) is 30.3 Å². The van der Waals surface area contributed by atoms with Gasteiger partial charge in [0.05, 0.1) is 6.17 Å². The summed E-state index contributed by atoms with van der Waals surface area (Å²) < 4.78 is 16.1. The molecule has 1 rings (SSSR count). The van der Waals surface area contributed by atoms with Gasteiger partial charge in [0, 0.05) is 20.8 Å². The average molecular weight is 241 g/mol. The van der Waals surface area contributed by atoms with Crippen LogP contribution < -0.4 is 5.73 Å². The molecule has 4 nitrogen and oxygen atoms in total. The zero-order valence-electron chi connectivity index (χ0n) is 9.81. The van der Waals surface area contributed by atoms with E-state index in [9.17, 15) is 0 Å². The van der Waals surface area contributed by atoms with Gasteiger partial charge >= 0.3 is 8.80 Å². The molecule has 0 aromatic heterocycles. The lowest BCUT2D eigenvalue weighted by Gasteiger charge is -2.24. The number of hydrogen-bond acceptors (Lipinski definition) is 4. The van der Waals surface area contributed by atoms with Crippen molar-refractivity contribution in [2.24, 2.45) is 5.73 Å². The summed E-state index contributed by atoms with van der Waals surface area (Å²) in [5, 5.41) is 0. The molecule has 0 heterocycles.